The van der Waals surface area contributed by atoms with Gasteiger partial charge in [-0.1, -0.05) is 18.6 Å². The first-order valence-electron chi connectivity index (χ1n) is 5.74. The van der Waals surface area contributed by atoms with Crippen molar-refractivity contribution in [2.75, 3.05) is 5.73 Å². The number of nitrogen functional groups attached to an aromatic ring is 1. The number of nitrogens with one attached hydrogen (secondary N) is 1. The van der Waals surface area contributed by atoms with Crippen LogP contribution in [0, 0.1) is 5.41 Å². The summed E-state index contributed by atoms with van der Waals surface area (Å²) in [6, 6.07) is 7.26. The predicted molar refractivity (Wildman–Crippen MR) is 68.4 cm³/mol. The fraction of sp³-hybridized carbons (Fsp3) is 0.385. The Balaban J connectivity index is 2.25. The van der Waals surface area contributed by atoms with Crippen LogP contribution < -0.4 is 5.73 Å². The highest BCUT2D eigenvalue weighted by atomic mass is 16.4. The Hall–Kier alpha value is -1.84. The molecule has 4 N–H and O–H groups in total. The first kappa shape index (κ1) is 13.2. The summed E-state index contributed by atoms with van der Waals surface area (Å²) in [7, 11) is 0. The lowest BCUT2D eigenvalue weighted by molar-refractivity contribution is -0.137. The molecule has 0 saturated heterocycles. The molecule has 0 aliphatic rings. The van der Waals surface area contributed by atoms with E-state index in [1.807, 2.05) is 12.1 Å². The van der Waals surface area contributed by atoms with Crippen LogP contribution in [0.2, 0.25) is 0 Å². The molecule has 0 aliphatic carbocycles. The van der Waals surface area contributed by atoms with Gasteiger partial charge in [-0.3, -0.25) is 4.79 Å². The lowest BCUT2D eigenvalue weighted by atomic mass is 10.0. The normalized spacial score (nSPS) is 10.1. The molecule has 0 bridgehead atoms. The maximum atomic E-state index is 10.3. The second-order valence-electron chi connectivity index (χ2n) is 4.05. The zero-order valence-corrected chi connectivity index (χ0v) is 9.78. The molecule has 17 heavy (non-hydrogen) atoms. The van der Waals surface area contributed by atoms with Crippen molar-refractivity contribution >= 4 is 17.4 Å². The van der Waals surface area contributed by atoms with Crippen molar-refractivity contribution in [1.82, 2.24) is 0 Å². The molecule has 1 rings (SSSR count). The van der Waals surface area contributed by atoms with Crippen molar-refractivity contribution in [2.45, 2.75) is 32.1 Å². The molecular formula is C13H18N2O2. The summed E-state index contributed by atoms with van der Waals surface area (Å²) >= 11 is 0. The maximum absolute atomic E-state index is 10.3. The quantitative estimate of drug-likeness (QED) is 0.385. The first-order valence-corrected chi connectivity index (χ1v) is 5.74. The largest absolute Gasteiger partial charge is 0.481 e. The van der Waals surface area contributed by atoms with Gasteiger partial charge in [-0.25, -0.2) is 0 Å². The van der Waals surface area contributed by atoms with Crippen molar-refractivity contribution in [3.63, 3.8) is 0 Å². The van der Waals surface area contributed by atoms with Crippen LogP contribution in [0.25, 0.3) is 0 Å². The van der Waals surface area contributed by atoms with Gasteiger partial charge in [-0.2, -0.15) is 0 Å². The Morgan fingerprint density at radius 2 is 1.71 bits per heavy atom. The van der Waals surface area contributed by atoms with Gasteiger partial charge < -0.3 is 16.2 Å². The van der Waals surface area contributed by atoms with E-state index in [2.05, 4.69) is 0 Å². The first-order chi connectivity index (χ1) is 8.09. The Morgan fingerprint density at radius 1 is 1.12 bits per heavy atom. The third-order valence-corrected chi connectivity index (χ3v) is 2.58. The molecule has 92 valence electrons. The molecule has 1 aromatic carbocycles. The zero-order valence-electron chi connectivity index (χ0n) is 9.78. The minimum Gasteiger partial charge on any atom is -0.481 e. The smallest absolute Gasteiger partial charge is 0.303 e. The Bertz CT molecular complexity index is 385. The van der Waals surface area contributed by atoms with Gasteiger partial charge >= 0.3 is 5.97 Å². The van der Waals surface area contributed by atoms with E-state index in [0.29, 0.717) is 24.2 Å². The highest BCUT2D eigenvalue weighted by molar-refractivity contribution is 5.98. The lowest BCUT2D eigenvalue weighted by Crippen LogP contribution is -2.00. The number of aliphatic carboxylic acids is 1. The van der Waals surface area contributed by atoms with Crippen LogP contribution in [0.3, 0.4) is 0 Å². The molecule has 4 heteroatoms. The Labute approximate surface area is 101 Å². The van der Waals surface area contributed by atoms with Crippen molar-refractivity contribution in [1.29, 1.82) is 5.41 Å². The van der Waals surface area contributed by atoms with E-state index in [0.717, 1.165) is 18.4 Å². The standard InChI is InChI=1S/C13H18N2O2/c14-11-8-6-10(7-9-11)12(15)4-2-1-3-5-13(16)17/h6-9,15H,1-5,14H2,(H,16,17). The third-order valence-electron chi connectivity index (χ3n) is 2.58. The highest BCUT2D eigenvalue weighted by Crippen LogP contribution is 2.11. The van der Waals surface area contributed by atoms with Crippen LogP contribution in [-0.4, -0.2) is 16.8 Å². The summed E-state index contributed by atoms with van der Waals surface area (Å²) < 4.78 is 0. The van der Waals surface area contributed by atoms with Gasteiger partial charge in [-0.05, 0) is 37.0 Å². The number of anilines is 1. The molecule has 0 unspecified atom stereocenters. The molecule has 0 amide bonds. The zero-order chi connectivity index (χ0) is 12.7. The van der Waals surface area contributed by atoms with E-state index in [1.54, 1.807) is 12.1 Å². The fourth-order valence-electron chi connectivity index (χ4n) is 1.58. The number of unbranched alkanes of at least 4 members (excludes halogenated alkanes) is 2. The molecule has 0 fully saturated rings. The van der Waals surface area contributed by atoms with E-state index in [1.165, 1.54) is 0 Å². The predicted octanol–water partition coefficient (Wildman–Crippen LogP) is 2.67. The Kier molecular flexibility index (Phi) is 5.20. The van der Waals surface area contributed by atoms with Gasteiger partial charge in [0.05, 0.1) is 0 Å². The lowest BCUT2D eigenvalue weighted by Gasteiger charge is -2.04. The number of carboxylic acid groups (broad SMARTS) is 1. The number of hydrogen-bond donors (Lipinski definition) is 3. The van der Waals surface area contributed by atoms with E-state index in [-0.39, 0.29) is 6.42 Å². The van der Waals surface area contributed by atoms with E-state index >= 15 is 0 Å². The molecule has 0 aliphatic heterocycles. The Morgan fingerprint density at radius 3 is 2.29 bits per heavy atom. The van der Waals surface area contributed by atoms with Gasteiger partial charge in [0.25, 0.3) is 0 Å². The van der Waals surface area contributed by atoms with Gasteiger partial charge in [0.15, 0.2) is 0 Å². The SMILES string of the molecule is N=C(CCCCCC(=O)O)c1ccc(N)cc1. The second kappa shape index (κ2) is 6.68. The number of rotatable bonds is 7. The van der Waals surface area contributed by atoms with Crippen molar-refractivity contribution < 1.29 is 9.90 Å². The van der Waals surface area contributed by atoms with Crippen LogP contribution >= 0.6 is 0 Å². The van der Waals surface area contributed by atoms with Crippen LogP contribution in [0.1, 0.15) is 37.7 Å². The van der Waals surface area contributed by atoms with Gasteiger partial charge in [0.2, 0.25) is 0 Å². The topological polar surface area (TPSA) is 87.2 Å². The summed E-state index contributed by atoms with van der Waals surface area (Å²) in [5.74, 6) is -0.751. The molecule has 1 aromatic rings. The fourth-order valence-corrected chi connectivity index (χ4v) is 1.58. The minimum atomic E-state index is -0.751. The summed E-state index contributed by atoms with van der Waals surface area (Å²) in [6.07, 6.45) is 3.29. The van der Waals surface area contributed by atoms with Crippen LogP contribution in [0.15, 0.2) is 24.3 Å². The maximum Gasteiger partial charge on any atom is 0.303 e. The molecule has 0 aromatic heterocycles. The molecule has 0 spiro atoms. The highest BCUT2D eigenvalue weighted by Gasteiger charge is 2.02. The van der Waals surface area contributed by atoms with Gasteiger partial charge in [0.1, 0.15) is 0 Å². The summed E-state index contributed by atoms with van der Waals surface area (Å²) in [6.45, 7) is 0. The van der Waals surface area contributed by atoms with Crippen LogP contribution in [0.5, 0.6) is 0 Å². The third kappa shape index (κ3) is 5.15. The molecule has 0 saturated carbocycles. The molecule has 0 atom stereocenters. The molecule has 0 heterocycles. The number of carbonyl (C=O) groups is 1. The number of carboxylic acids is 1. The average Bonchev–Trinajstić information content (AvgIpc) is 2.29. The molecular weight excluding hydrogens is 216 g/mol. The van der Waals surface area contributed by atoms with E-state index < -0.39 is 5.97 Å². The monoisotopic (exact) mass is 234 g/mol. The summed E-state index contributed by atoms with van der Waals surface area (Å²) in [5, 5.41) is 16.3. The summed E-state index contributed by atoms with van der Waals surface area (Å²) in [4.78, 5) is 10.3. The van der Waals surface area contributed by atoms with Crippen LogP contribution in [-0.2, 0) is 4.79 Å². The second-order valence-corrected chi connectivity index (χ2v) is 4.05. The van der Waals surface area contributed by atoms with Crippen molar-refractivity contribution in [3.05, 3.63) is 29.8 Å². The number of nitrogens with two attached hydrogens (primary N) is 1. The molecule has 4 nitrogen and oxygen atoms in total. The van der Waals surface area contributed by atoms with E-state index in [4.69, 9.17) is 16.2 Å². The average molecular weight is 234 g/mol. The number of benzene rings is 1. The molecule has 0 radical (unpaired) electrons. The minimum absolute atomic E-state index is 0.217. The number of hydrogen-bond acceptors (Lipinski definition) is 3. The van der Waals surface area contributed by atoms with Gasteiger partial charge in [0, 0.05) is 17.8 Å². The van der Waals surface area contributed by atoms with Crippen LogP contribution in [0.4, 0.5) is 5.69 Å². The van der Waals surface area contributed by atoms with Crippen molar-refractivity contribution in [2.24, 2.45) is 0 Å². The van der Waals surface area contributed by atoms with Crippen molar-refractivity contribution in [3.8, 4) is 0 Å². The van der Waals surface area contributed by atoms with E-state index in [9.17, 15) is 4.79 Å². The van der Waals surface area contributed by atoms with Gasteiger partial charge in [-0.15, -0.1) is 0 Å². The summed E-state index contributed by atoms with van der Waals surface area (Å²) in [5.41, 5.74) is 7.74.